The Morgan fingerprint density at radius 3 is 2.29 bits per heavy atom. The van der Waals surface area contributed by atoms with Crippen LogP contribution in [0.15, 0.2) is 43.0 Å². The Hall–Kier alpha value is -1.37. The Labute approximate surface area is 85.5 Å². The molecule has 1 unspecified atom stereocenters. The number of carbonyl (C=O) groups excluding carboxylic acids is 1. The Morgan fingerprint density at radius 2 is 1.86 bits per heavy atom. The summed E-state index contributed by atoms with van der Waals surface area (Å²) >= 11 is 0. The molecule has 0 spiro atoms. The third-order valence-electron chi connectivity index (χ3n) is 2.33. The van der Waals surface area contributed by atoms with Gasteiger partial charge in [-0.3, -0.25) is 4.79 Å². The van der Waals surface area contributed by atoms with Gasteiger partial charge in [0.25, 0.3) is 0 Å². The van der Waals surface area contributed by atoms with Crippen LogP contribution >= 0.6 is 0 Å². The highest BCUT2D eigenvalue weighted by atomic mass is 16.1. The molecular weight excluding hydrogens is 172 g/mol. The van der Waals surface area contributed by atoms with Crippen molar-refractivity contribution in [1.82, 2.24) is 0 Å². The largest absolute Gasteiger partial charge is 0.294 e. The molecule has 0 fully saturated rings. The molecule has 14 heavy (non-hydrogen) atoms. The number of benzene rings is 1. The van der Waals surface area contributed by atoms with E-state index in [1.807, 2.05) is 30.3 Å². The number of carbonyl (C=O) groups is 1. The van der Waals surface area contributed by atoms with E-state index in [1.165, 1.54) is 6.08 Å². The van der Waals surface area contributed by atoms with E-state index >= 15 is 0 Å². The topological polar surface area (TPSA) is 17.1 Å². The number of ketones is 1. The SMILES string of the molecule is C=CC(=O)C(c1ccccc1)C(C)C. The second-order valence-corrected chi connectivity index (χ2v) is 3.74. The monoisotopic (exact) mass is 188 g/mol. The molecule has 1 aromatic carbocycles. The number of rotatable bonds is 4. The quantitative estimate of drug-likeness (QED) is 0.663. The fraction of sp³-hybridized carbons (Fsp3) is 0.308. The van der Waals surface area contributed by atoms with Crippen LogP contribution in [0.5, 0.6) is 0 Å². The van der Waals surface area contributed by atoms with Crippen molar-refractivity contribution in [2.24, 2.45) is 5.92 Å². The van der Waals surface area contributed by atoms with Crippen LogP contribution in [-0.2, 0) is 4.79 Å². The fourth-order valence-electron chi connectivity index (χ4n) is 1.67. The minimum atomic E-state index is -0.0475. The van der Waals surface area contributed by atoms with E-state index in [2.05, 4.69) is 20.4 Å². The maximum atomic E-state index is 11.6. The normalized spacial score (nSPS) is 12.5. The Bertz CT molecular complexity index is 311. The first-order valence-corrected chi connectivity index (χ1v) is 4.88. The molecule has 1 aromatic rings. The Balaban J connectivity index is 3.01. The van der Waals surface area contributed by atoms with Gasteiger partial charge in [-0.15, -0.1) is 0 Å². The van der Waals surface area contributed by atoms with Gasteiger partial charge in [-0.1, -0.05) is 50.8 Å². The van der Waals surface area contributed by atoms with Crippen LogP contribution in [0.4, 0.5) is 0 Å². The first kappa shape index (κ1) is 10.7. The highest BCUT2D eigenvalue weighted by molar-refractivity contribution is 5.95. The summed E-state index contributed by atoms with van der Waals surface area (Å²) in [6.45, 7) is 7.65. The summed E-state index contributed by atoms with van der Waals surface area (Å²) in [4.78, 5) is 11.6. The number of allylic oxidation sites excluding steroid dienone is 1. The average molecular weight is 188 g/mol. The Kier molecular flexibility index (Phi) is 3.63. The third-order valence-corrected chi connectivity index (χ3v) is 2.33. The second-order valence-electron chi connectivity index (χ2n) is 3.74. The third kappa shape index (κ3) is 2.32. The van der Waals surface area contributed by atoms with E-state index in [0.29, 0.717) is 5.92 Å². The lowest BCUT2D eigenvalue weighted by molar-refractivity contribution is -0.116. The van der Waals surface area contributed by atoms with Crippen LogP contribution in [0.25, 0.3) is 0 Å². The van der Waals surface area contributed by atoms with E-state index in [9.17, 15) is 4.79 Å². The van der Waals surface area contributed by atoms with Crippen molar-refractivity contribution in [2.75, 3.05) is 0 Å². The maximum absolute atomic E-state index is 11.6. The lowest BCUT2D eigenvalue weighted by Crippen LogP contribution is -2.15. The summed E-state index contributed by atoms with van der Waals surface area (Å²) in [7, 11) is 0. The lowest BCUT2D eigenvalue weighted by atomic mass is 9.85. The van der Waals surface area contributed by atoms with Crippen LogP contribution < -0.4 is 0 Å². The molecule has 0 heterocycles. The highest BCUT2D eigenvalue weighted by Gasteiger charge is 2.20. The van der Waals surface area contributed by atoms with Crippen molar-refractivity contribution in [3.63, 3.8) is 0 Å². The molecule has 0 bridgehead atoms. The summed E-state index contributed by atoms with van der Waals surface area (Å²) < 4.78 is 0. The molecule has 1 atom stereocenters. The zero-order valence-corrected chi connectivity index (χ0v) is 8.73. The number of hydrogen-bond donors (Lipinski definition) is 0. The van der Waals surface area contributed by atoms with E-state index < -0.39 is 0 Å². The zero-order valence-electron chi connectivity index (χ0n) is 8.73. The van der Waals surface area contributed by atoms with Gasteiger partial charge in [0.2, 0.25) is 0 Å². The molecule has 0 aromatic heterocycles. The summed E-state index contributed by atoms with van der Waals surface area (Å²) in [6, 6.07) is 9.86. The van der Waals surface area contributed by atoms with Crippen molar-refractivity contribution in [3.05, 3.63) is 48.6 Å². The predicted molar refractivity (Wildman–Crippen MR) is 59.2 cm³/mol. The molecule has 0 radical (unpaired) electrons. The second kappa shape index (κ2) is 4.75. The van der Waals surface area contributed by atoms with Gasteiger partial charge < -0.3 is 0 Å². The van der Waals surface area contributed by atoms with Gasteiger partial charge in [-0.05, 0) is 17.6 Å². The zero-order chi connectivity index (χ0) is 10.6. The van der Waals surface area contributed by atoms with Gasteiger partial charge in [0.15, 0.2) is 5.78 Å². The molecular formula is C13H16O. The van der Waals surface area contributed by atoms with Gasteiger partial charge in [0, 0.05) is 5.92 Å². The van der Waals surface area contributed by atoms with Crippen LogP contribution in [0.2, 0.25) is 0 Å². The Morgan fingerprint density at radius 1 is 1.29 bits per heavy atom. The van der Waals surface area contributed by atoms with Crippen LogP contribution in [0, 0.1) is 5.92 Å². The molecule has 0 saturated carbocycles. The van der Waals surface area contributed by atoms with Gasteiger partial charge in [-0.2, -0.15) is 0 Å². The first-order chi connectivity index (χ1) is 6.66. The molecule has 0 amide bonds. The van der Waals surface area contributed by atoms with Crippen molar-refractivity contribution >= 4 is 5.78 Å². The molecule has 1 nitrogen and oxygen atoms in total. The van der Waals surface area contributed by atoms with Crippen LogP contribution in [-0.4, -0.2) is 5.78 Å². The molecule has 0 saturated heterocycles. The standard InChI is InChI=1S/C13H16O/c1-4-12(14)13(10(2)3)11-8-6-5-7-9-11/h4-10,13H,1H2,2-3H3. The molecule has 0 aliphatic rings. The van der Waals surface area contributed by atoms with Crippen LogP contribution in [0.1, 0.15) is 25.3 Å². The summed E-state index contributed by atoms with van der Waals surface area (Å²) in [5, 5.41) is 0. The van der Waals surface area contributed by atoms with E-state index in [1.54, 1.807) is 0 Å². The van der Waals surface area contributed by atoms with Crippen molar-refractivity contribution in [3.8, 4) is 0 Å². The lowest BCUT2D eigenvalue weighted by Gasteiger charge is -2.18. The van der Waals surface area contributed by atoms with Gasteiger partial charge in [0.1, 0.15) is 0 Å². The van der Waals surface area contributed by atoms with Crippen LogP contribution in [0.3, 0.4) is 0 Å². The molecule has 1 heteroatoms. The fourth-order valence-corrected chi connectivity index (χ4v) is 1.67. The van der Waals surface area contributed by atoms with Crippen molar-refractivity contribution < 1.29 is 4.79 Å². The number of hydrogen-bond acceptors (Lipinski definition) is 1. The molecule has 0 aliphatic carbocycles. The van der Waals surface area contributed by atoms with Gasteiger partial charge in [0.05, 0.1) is 0 Å². The van der Waals surface area contributed by atoms with E-state index in [4.69, 9.17) is 0 Å². The van der Waals surface area contributed by atoms with E-state index in [0.717, 1.165) is 5.56 Å². The summed E-state index contributed by atoms with van der Waals surface area (Å²) in [6.07, 6.45) is 1.41. The van der Waals surface area contributed by atoms with Gasteiger partial charge in [-0.25, -0.2) is 0 Å². The highest BCUT2D eigenvalue weighted by Crippen LogP contribution is 2.25. The minimum Gasteiger partial charge on any atom is -0.294 e. The first-order valence-electron chi connectivity index (χ1n) is 4.88. The van der Waals surface area contributed by atoms with E-state index in [-0.39, 0.29) is 11.7 Å². The van der Waals surface area contributed by atoms with Crippen molar-refractivity contribution in [1.29, 1.82) is 0 Å². The molecule has 0 N–H and O–H groups in total. The minimum absolute atomic E-state index is 0.0475. The van der Waals surface area contributed by atoms with Crippen molar-refractivity contribution in [2.45, 2.75) is 19.8 Å². The summed E-state index contributed by atoms with van der Waals surface area (Å²) in [5.41, 5.74) is 1.08. The maximum Gasteiger partial charge on any atom is 0.162 e. The molecule has 1 rings (SSSR count). The predicted octanol–water partition coefficient (Wildman–Crippen LogP) is 3.18. The average Bonchev–Trinajstić information content (AvgIpc) is 2.19. The molecule has 0 aliphatic heterocycles. The smallest absolute Gasteiger partial charge is 0.162 e. The van der Waals surface area contributed by atoms with Gasteiger partial charge >= 0.3 is 0 Å². The molecule has 74 valence electrons. The summed E-state index contributed by atoms with van der Waals surface area (Å²) in [5.74, 6) is 0.364.